The van der Waals surface area contributed by atoms with E-state index in [9.17, 15) is 0 Å². The van der Waals surface area contributed by atoms with Crippen molar-refractivity contribution in [1.82, 2.24) is 0 Å². The number of rotatable bonds is 4. The van der Waals surface area contributed by atoms with Gasteiger partial charge in [-0.3, -0.25) is 0 Å². The summed E-state index contributed by atoms with van der Waals surface area (Å²) < 4.78 is 0. The van der Waals surface area contributed by atoms with E-state index in [0.717, 1.165) is 17.8 Å². The molecular weight excluding hydrogens is 184 g/mol. The first-order chi connectivity index (χ1) is 6.99. The maximum absolute atomic E-state index is 5.94. The predicted molar refractivity (Wildman–Crippen MR) is 68.1 cm³/mol. The molecule has 1 atom stereocenters. The second-order valence-corrected chi connectivity index (χ2v) is 4.77. The lowest BCUT2D eigenvalue weighted by atomic mass is 10.0. The van der Waals surface area contributed by atoms with E-state index in [-0.39, 0.29) is 0 Å². The van der Waals surface area contributed by atoms with Crippen molar-refractivity contribution < 1.29 is 0 Å². The van der Waals surface area contributed by atoms with Gasteiger partial charge >= 0.3 is 0 Å². The van der Waals surface area contributed by atoms with Crippen molar-refractivity contribution in [3.05, 3.63) is 23.8 Å². The highest BCUT2D eigenvalue weighted by atomic mass is 14.9. The Morgan fingerprint density at radius 3 is 2.47 bits per heavy atom. The molecule has 0 saturated heterocycles. The van der Waals surface area contributed by atoms with Crippen molar-refractivity contribution in [3.63, 3.8) is 0 Å². The summed E-state index contributed by atoms with van der Waals surface area (Å²) >= 11 is 0. The van der Waals surface area contributed by atoms with Gasteiger partial charge in [-0.25, -0.2) is 0 Å². The third-order valence-electron chi connectivity index (χ3n) is 2.43. The highest BCUT2D eigenvalue weighted by Crippen LogP contribution is 2.21. The summed E-state index contributed by atoms with van der Waals surface area (Å²) in [6.45, 7) is 8.71. The van der Waals surface area contributed by atoms with Crippen molar-refractivity contribution in [2.24, 2.45) is 5.92 Å². The number of nitrogen functional groups attached to an aromatic ring is 1. The predicted octanol–water partition coefficient (Wildman–Crippen LogP) is 3.42. The molecule has 1 aromatic rings. The van der Waals surface area contributed by atoms with E-state index in [2.05, 4.69) is 45.1 Å². The Bertz CT molecular complexity index is 318. The fourth-order valence-corrected chi connectivity index (χ4v) is 1.85. The molecule has 2 nitrogen and oxygen atoms in total. The van der Waals surface area contributed by atoms with Crippen LogP contribution in [0.4, 0.5) is 11.4 Å². The van der Waals surface area contributed by atoms with Crippen molar-refractivity contribution in [3.8, 4) is 0 Å². The standard InChI is InChI=1S/C13H22N2/c1-9(2)7-11(4)15-13-6-5-10(3)8-12(13)14/h5-6,8-9,11,15H,7,14H2,1-4H3. The topological polar surface area (TPSA) is 38.0 Å². The fraction of sp³-hybridized carbons (Fsp3) is 0.538. The van der Waals surface area contributed by atoms with Crippen LogP contribution >= 0.6 is 0 Å². The molecule has 1 rings (SSSR count). The van der Waals surface area contributed by atoms with Gasteiger partial charge in [0.05, 0.1) is 11.4 Å². The molecule has 0 amide bonds. The quantitative estimate of drug-likeness (QED) is 0.741. The normalized spacial score (nSPS) is 12.9. The van der Waals surface area contributed by atoms with Gasteiger partial charge in [0.1, 0.15) is 0 Å². The van der Waals surface area contributed by atoms with Gasteiger partial charge < -0.3 is 11.1 Å². The van der Waals surface area contributed by atoms with Crippen LogP contribution in [0.25, 0.3) is 0 Å². The average Bonchev–Trinajstić information content (AvgIpc) is 2.08. The van der Waals surface area contributed by atoms with Crippen LogP contribution in [0.1, 0.15) is 32.8 Å². The van der Waals surface area contributed by atoms with Crippen LogP contribution in [-0.2, 0) is 0 Å². The van der Waals surface area contributed by atoms with Crippen LogP contribution in [0.2, 0.25) is 0 Å². The van der Waals surface area contributed by atoms with Gasteiger partial charge in [0.15, 0.2) is 0 Å². The van der Waals surface area contributed by atoms with E-state index in [1.165, 1.54) is 5.56 Å². The number of nitrogens with two attached hydrogens (primary N) is 1. The molecular formula is C13H22N2. The molecule has 0 aliphatic carbocycles. The minimum atomic E-state index is 0.468. The van der Waals surface area contributed by atoms with Crippen LogP contribution < -0.4 is 11.1 Å². The molecule has 0 aromatic heterocycles. The summed E-state index contributed by atoms with van der Waals surface area (Å²) in [4.78, 5) is 0. The van der Waals surface area contributed by atoms with E-state index < -0.39 is 0 Å². The Hall–Kier alpha value is -1.18. The minimum absolute atomic E-state index is 0.468. The molecule has 0 bridgehead atoms. The Labute approximate surface area is 92.9 Å². The zero-order chi connectivity index (χ0) is 11.4. The molecule has 0 aliphatic rings. The van der Waals surface area contributed by atoms with Crippen molar-refractivity contribution in [2.75, 3.05) is 11.1 Å². The number of nitrogens with one attached hydrogen (secondary N) is 1. The molecule has 0 saturated carbocycles. The smallest absolute Gasteiger partial charge is 0.0576 e. The molecule has 15 heavy (non-hydrogen) atoms. The first kappa shape index (κ1) is 11.9. The van der Waals surface area contributed by atoms with Gasteiger partial charge in [-0.15, -0.1) is 0 Å². The third-order valence-corrected chi connectivity index (χ3v) is 2.43. The summed E-state index contributed by atoms with van der Waals surface area (Å²) in [7, 11) is 0. The van der Waals surface area contributed by atoms with Crippen LogP contribution in [0.3, 0.4) is 0 Å². The molecule has 84 valence electrons. The van der Waals surface area contributed by atoms with Gasteiger partial charge in [-0.1, -0.05) is 19.9 Å². The minimum Gasteiger partial charge on any atom is -0.397 e. The molecule has 0 spiro atoms. The monoisotopic (exact) mass is 206 g/mol. The lowest BCUT2D eigenvalue weighted by molar-refractivity contribution is 0.540. The van der Waals surface area contributed by atoms with Gasteiger partial charge in [0.25, 0.3) is 0 Å². The number of aryl methyl sites for hydroxylation is 1. The molecule has 3 N–H and O–H groups in total. The molecule has 0 radical (unpaired) electrons. The fourth-order valence-electron chi connectivity index (χ4n) is 1.85. The van der Waals surface area contributed by atoms with E-state index in [4.69, 9.17) is 5.73 Å². The second kappa shape index (κ2) is 5.06. The first-order valence-corrected chi connectivity index (χ1v) is 5.61. The Morgan fingerprint density at radius 2 is 1.93 bits per heavy atom. The molecule has 1 aromatic carbocycles. The number of hydrogen-bond acceptors (Lipinski definition) is 2. The number of hydrogen-bond donors (Lipinski definition) is 2. The summed E-state index contributed by atoms with van der Waals surface area (Å²) in [5.74, 6) is 0.708. The Kier molecular flexibility index (Phi) is 4.01. The highest BCUT2D eigenvalue weighted by Gasteiger charge is 2.06. The van der Waals surface area contributed by atoms with E-state index >= 15 is 0 Å². The molecule has 2 heteroatoms. The highest BCUT2D eigenvalue weighted by molar-refractivity contribution is 5.67. The average molecular weight is 206 g/mol. The van der Waals surface area contributed by atoms with Crippen LogP contribution in [-0.4, -0.2) is 6.04 Å². The SMILES string of the molecule is Cc1ccc(NC(C)CC(C)C)c(N)c1. The Morgan fingerprint density at radius 1 is 1.27 bits per heavy atom. The molecule has 0 aliphatic heterocycles. The largest absolute Gasteiger partial charge is 0.397 e. The third kappa shape index (κ3) is 3.82. The Balaban J connectivity index is 2.64. The summed E-state index contributed by atoms with van der Waals surface area (Å²) in [5, 5.41) is 3.44. The van der Waals surface area contributed by atoms with Crippen molar-refractivity contribution >= 4 is 11.4 Å². The lowest BCUT2D eigenvalue weighted by Gasteiger charge is -2.18. The van der Waals surface area contributed by atoms with Crippen LogP contribution in [0, 0.1) is 12.8 Å². The van der Waals surface area contributed by atoms with E-state index in [1.807, 2.05) is 6.07 Å². The van der Waals surface area contributed by atoms with E-state index in [1.54, 1.807) is 0 Å². The first-order valence-electron chi connectivity index (χ1n) is 5.61. The zero-order valence-electron chi connectivity index (χ0n) is 10.2. The van der Waals surface area contributed by atoms with Crippen LogP contribution in [0.15, 0.2) is 18.2 Å². The van der Waals surface area contributed by atoms with Crippen molar-refractivity contribution in [1.29, 1.82) is 0 Å². The molecule has 1 unspecified atom stereocenters. The molecule has 0 fully saturated rings. The molecule has 0 heterocycles. The second-order valence-electron chi connectivity index (χ2n) is 4.77. The summed E-state index contributed by atoms with van der Waals surface area (Å²) in [6.07, 6.45) is 1.16. The number of anilines is 2. The van der Waals surface area contributed by atoms with Gasteiger partial charge in [0.2, 0.25) is 0 Å². The van der Waals surface area contributed by atoms with Crippen molar-refractivity contribution in [2.45, 2.75) is 40.2 Å². The summed E-state index contributed by atoms with van der Waals surface area (Å²) in [6, 6.07) is 6.61. The lowest BCUT2D eigenvalue weighted by Crippen LogP contribution is -2.18. The summed E-state index contributed by atoms with van der Waals surface area (Å²) in [5.41, 5.74) is 9.03. The van der Waals surface area contributed by atoms with E-state index in [0.29, 0.717) is 12.0 Å². The number of benzene rings is 1. The van der Waals surface area contributed by atoms with Gasteiger partial charge in [0, 0.05) is 6.04 Å². The van der Waals surface area contributed by atoms with Crippen LogP contribution in [0.5, 0.6) is 0 Å². The zero-order valence-corrected chi connectivity index (χ0v) is 10.2. The maximum Gasteiger partial charge on any atom is 0.0576 e. The van der Waals surface area contributed by atoms with Gasteiger partial charge in [-0.05, 0) is 43.9 Å². The maximum atomic E-state index is 5.94. The van der Waals surface area contributed by atoms with Gasteiger partial charge in [-0.2, -0.15) is 0 Å².